The summed E-state index contributed by atoms with van der Waals surface area (Å²) in [7, 11) is 0. The normalized spacial score (nSPS) is 17.2. The summed E-state index contributed by atoms with van der Waals surface area (Å²) in [6.07, 6.45) is 7.54. The van der Waals surface area contributed by atoms with E-state index in [-0.39, 0.29) is 6.42 Å². The molecular weight excluding hydrogens is 270 g/mol. The summed E-state index contributed by atoms with van der Waals surface area (Å²) in [6, 6.07) is 7.81. The van der Waals surface area contributed by atoms with E-state index in [9.17, 15) is 4.79 Å². The lowest BCUT2D eigenvalue weighted by Gasteiger charge is -2.27. The lowest BCUT2D eigenvalue weighted by molar-refractivity contribution is -0.136. The van der Waals surface area contributed by atoms with Gasteiger partial charge in [0.05, 0.1) is 6.42 Å². The monoisotopic (exact) mass is 293 g/mol. The van der Waals surface area contributed by atoms with Crippen molar-refractivity contribution in [2.24, 2.45) is 0 Å². The van der Waals surface area contributed by atoms with Crippen molar-refractivity contribution in [3.8, 4) is 0 Å². The van der Waals surface area contributed by atoms with Gasteiger partial charge in [0.2, 0.25) is 0 Å². The minimum atomic E-state index is -0.770. The van der Waals surface area contributed by atoms with Gasteiger partial charge in [0.25, 0.3) is 0 Å². The third-order valence-corrected chi connectivity index (χ3v) is 5.59. The van der Waals surface area contributed by atoms with Crippen LogP contribution < -0.4 is 5.32 Å². The first-order valence-corrected chi connectivity index (χ1v) is 8.42. The number of carbonyl (C=O) groups is 1. The second-order valence-electron chi connectivity index (χ2n) is 5.54. The van der Waals surface area contributed by atoms with Crippen LogP contribution in [-0.2, 0) is 17.8 Å². The summed E-state index contributed by atoms with van der Waals surface area (Å²) in [4.78, 5) is 10.9. The first kappa shape index (κ1) is 15.4. The molecule has 0 amide bonds. The minimum absolute atomic E-state index is 0.103. The Kier molecular flexibility index (Phi) is 5.49. The molecule has 110 valence electrons. The average Bonchev–Trinajstić information content (AvgIpc) is 2.89. The first-order chi connectivity index (χ1) is 9.65. The van der Waals surface area contributed by atoms with Gasteiger partial charge in [-0.3, -0.25) is 4.79 Å². The smallest absolute Gasteiger partial charge is 0.307 e. The Morgan fingerprint density at radius 3 is 2.55 bits per heavy atom. The number of thioether (sulfide) groups is 1. The lowest BCUT2D eigenvalue weighted by atomic mass is 10.0. The molecule has 0 spiro atoms. The Morgan fingerprint density at radius 2 is 1.95 bits per heavy atom. The largest absolute Gasteiger partial charge is 0.481 e. The van der Waals surface area contributed by atoms with Gasteiger partial charge < -0.3 is 10.4 Å². The van der Waals surface area contributed by atoms with Crippen LogP contribution in [0.3, 0.4) is 0 Å². The SMILES string of the molecule is CSC1(CNCc2ccccc2CC(=O)O)CCCC1. The third-order valence-electron chi connectivity index (χ3n) is 4.17. The molecule has 0 bridgehead atoms. The van der Waals surface area contributed by atoms with Crippen molar-refractivity contribution in [3.63, 3.8) is 0 Å². The quantitative estimate of drug-likeness (QED) is 0.811. The molecule has 0 atom stereocenters. The van der Waals surface area contributed by atoms with Crippen LogP contribution in [0.2, 0.25) is 0 Å². The van der Waals surface area contributed by atoms with Crippen LogP contribution in [0.15, 0.2) is 24.3 Å². The van der Waals surface area contributed by atoms with E-state index in [1.54, 1.807) is 0 Å². The van der Waals surface area contributed by atoms with Crippen molar-refractivity contribution in [1.29, 1.82) is 0 Å². The van der Waals surface area contributed by atoms with Crippen LogP contribution >= 0.6 is 11.8 Å². The highest BCUT2D eigenvalue weighted by Gasteiger charge is 2.32. The Balaban J connectivity index is 1.92. The zero-order valence-corrected chi connectivity index (χ0v) is 12.8. The molecule has 0 unspecified atom stereocenters. The number of aliphatic carboxylic acids is 1. The van der Waals surface area contributed by atoms with Crippen LogP contribution in [0, 0.1) is 0 Å². The second-order valence-corrected chi connectivity index (χ2v) is 6.81. The molecule has 3 nitrogen and oxygen atoms in total. The molecule has 1 saturated carbocycles. The standard InChI is InChI=1S/C16H23NO2S/c1-20-16(8-4-5-9-16)12-17-11-14-7-3-2-6-13(14)10-15(18)19/h2-3,6-7,17H,4-5,8-12H2,1H3,(H,18,19). The van der Waals surface area contributed by atoms with Crippen LogP contribution in [0.4, 0.5) is 0 Å². The maximum atomic E-state index is 10.9. The predicted molar refractivity (Wildman–Crippen MR) is 84.2 cm³/mol. The van der Waals surface area contributed by atoms with E-state index >= 15 is 0 Å². The molecule has 1 aromatic carbocycles. The van der Waals surface area contributed by atoms with E-state index in [1.165, 1.54) is 25.7 Å². The zero-order valence-electron chi connectivity index (χ0n) is 12.0. The molecule has 0 radical (unpaired) electrons. The van der Waals surface area contributed by atoms with Gasteiger partial charge in [-0.15, -0.1) is 0 Å². The fourth-order valence-electron chi connectivity index (χ4n) is 2.96. The number of nitrogens with one attached hydrogen (secondary N) is 1. The molecule has 4 heteroatoms. The topological polar surface area (TPSA) is 49.3 Å². The Hall–Kier alpha value is -1.00. The van der Waals surface area contributed by atoms with Gasteiger partial charge >= 0.3 is 5.97 Å². The van der Waals surface area contributed by atoms with Gasteiger partial charge in [-0.25, -0.2) is 0 Å². The van der Waals surface area contributed by atoms with Crippen molar-refractivity contribution >= 4 is 17.7 Å². The summed E-state index contributed by atoms with van der Waals surface area (Å²) in [5, 5.41) is 12.5. The van der Waals surface area contributed by atoms with Crippen molar-refractivity contribution in [2.45, 2.75) is 43.4 Å². The lowest BCUT2D eigenvalue weighted by Crippen LogP contribution is -2.34. The van der Waals surface area contributed by atoms with E-state index in [4.69, 9.17) is 5.11 Å². The predicted octanol–water partition coefficient (Wildman–Crippen LogP) is 3.08. The van der Waals surface area contributed by atoms with E-state index in [2.05, 4.69) is 11.6 Å². The van der Waals surface area contributed by atoms with E-state index in [0.29, 0.717) is 4.75 Å². The van der Waals surface area contributed by atoms with Crippen molar-refractivity contribution in [1.82, 2.24) is 5.32 Å². The first-order valence-electron chi connectivity index (χ1n) is 7.20. The number of carboxylic acids is 1. The fraction of sp³-hybridized carbons (Fsp3) is 0.562. The molecule has 1 aromatic rings. The Bertz CT molecular complexity index is 456. The van der Waals surface area contributed by atoms with Gasteiger partial charge in [0.15, 0.2) is 0 Å². The Morgan fingerprint density at radius 1 is 1.30 bits per heavy atom. The van der Waals surface area contributed by atoms with E-state index in [0.717, 1.165) is 24.2 Å². The molecule has 20 heavy (non-hydrogen) atoms. The average molecular weight is 293 g/mol. The van der Waals surface area contributed by atoms with Crippen LogP contribution in [0.25, 0.3) is 0 Å². The molecule has 2 N–H and O–H groups in total. The summed E-state index contributed by atoms with van der Waals surface area (Å²) in [6.45, 7) is 1.77. The Labute approximate surface area is 125 Å². The summed E-state index contributed by atoms with van der Waals surface area (Å²) in [5.41, 5.74) is 2.02. The molecule has 0 aromatic heterocycles. The number of rotatable bonds is 7. The maximum Gasteiger partial charge on any atom is 0.307 e. The van der Waals surface area contributed by atoms with Gasteiger partial charge in [-0.05, 0) is 30.2 Å². The molecule has 1 fully saturated rings. The van der Waals surface area contributed by atoms with Crippen molar-refractivity contribution in [2.75, 3.05) is 12.8 Å². The van der Waals surface area contributed by atoms with Gasteiger partial charge in [0, 0.05) is 17.8 Å². The van der Waals surface area contributed by atoms with Crippen LogP contribution in [0.5, 0.6) is 0 Å². The molecule has 1 aliphatic rings. The molecule has 0 saturated heterocycles. The van der Waals surface area contributed by atoms with Gasteiger partial charge in [0.1, 0.15) is 0 Å². The summed E-state index contributed by atoms with van der Waals surface area (Å²) >= 11 is 1.97. The van der Waals surface area contributed by atoms with E-state index in [1.807, 2.05) is 36.0 Å². The molecule has 2 rings (SSSR count). The third kappa shape index (κ3) is 4.00. The maximum absolute atomic E-state index is 10.9. The highest BCUT2D eigenvalue weighted by Crippen LogP contribution is 2.39. The number of hydrogen-bond acceptors (Lipinski definition) is 3. The second kappa shape index (κ2) is 7.14. The summed E-state index contributed by atoms with van der Waals surface area (Å²) in [5.74, 6) is -0.770. The minimum Gasteiger partial charge on any atom is -0.481 e. The highest BCUT2D eigenvalue weighted by molar-refractivity contribution is 8.00. The molecule has 0 aliphatic heterocycles. The van der Waals surface area contributed by atoms with Crippen LogP contribution in [0.1, 0.15) is 36.8 Å². The molecule has 1 aliphatic carbocycles. The van der Waals surface area contributed by atoms with E-state index < -0.39 is 5.97 Å². The highest BCUT2D eigenvalue weighted by atomic mass is 32.2. The molecular formula is C16H23NO2S. The molecule has 0 heterocycles. The van der Waals surface area contributed by atoms with Gasteiger partial charge in [-0.2, -0.15) is 11.8 Å². The van der Waals surface area contributed by atoms with Crippen molar-refractivity contribution < 1.29 is 9.90 Å². The van der Waals surface area contributed by atoms with Crippen LogP contribution in [-0.4, -0.2) is 28.6 Å². The number of carboxylic acid groups (broad SMARTS) is 1. The summed E-state index contributed by atoms with van der Waals surface area (Å²) < 4.78 is 0.391. The van der Waals surface area contributed by atoms with Crippen molar-refractivity contribution in [3.05, 3.63) is 35.4 Å². The number of hydrogen-bond donors (Lipinski definition) is 2. The number of benzene rings is 1. The van der Waals surface area contributed by atoms with Gasteiger partial charge in [-0.1, -0.05) is 37.1 Å². The fourth-order valence-corrected chi connectivity index (χ4v) is 3.91. The zero-order chi connectivity index (χ0) is 14.4.